The van der Waals surface area contributed by atoms with Gasteiger partial charge in [0.1, 0.15) is 23.0 Å². The van der Waals surface area contributed by atoms with Crippen LogP contribution in [0, 0.1) is 11.6 Å². The van der Waals surface area contributed by atoms with Gasteiger partial charge in [-0.1, -0.05) is 31.7 Å². The normalized spacial score (nSPS) is 16.1. The molecule has 2 aromatic rings. The fourth-order valence-corrected chi connectivity index (χ4v) is 2.80. The summed E-state index contributed by atoms with van der Waals surface area (Å²) in [5.74, 6) is -2.40. The maximum absolute atomic E-state index is 13.9. The van der Waals surface area contributed by atoms with E-state index in [2.05, 4.69) is 21.9 Å². The molecule has 3 rings (SSSR count). The van der Waals surface area contributed by atoms with E-state index in [1.807, 2.05) is 6.92 Å². The summed E-state index contributed by atoms with van der Waals surface area (Å²) in [5.41, 5.74) is 0.0141. The zero-order valence-electron chi connectivity index (χ0n) is 14.7. The van der Waals surface area contributed by atoms with Crippen molar-refractivity contribution in [3.05, 3.63) is 70.3 Å². The van der Waals surface area contributed by atoms with Gasteiger partial charge in [0, 0.05) is 11.3 Å². The number of rotatable bonds is 5. The topological polar surface area (TPSA) is 78.0 Å². The molecule has 1 atom stereocenters. The third-order valence-electron chi connectivity index (χ3n) is 4.13. The molecular formula is C20H19F2N3O2. The molecule has 1 aliphatic rings. The molecule has 1 unspecified atom stereocenters. The van der Waals surface area contributed by atoms with Crippen LogP contribution in [-0.2, 0) is 0 Å². The molecule has 0 saturated carbocycles. The lowest BCUT2D eigenvalue weighted by Gasteiger charge is -2.12. The van der Waals surface area contributed by atoms with Crippen molar-refractivity contribution in [3.63, 3.8) is 0 Å². The van der Waals surface area contributed by atoms with Gasteiger partial charge in [-0.2, -0.15) is 0 Å². The number of hydrogen-bond donors (Lipinski definition) is 3. The van der Waals surface area contributed by atoms with Crippen molar-refractivity contribution in [2.45, 2.75) is 25.9 Å². The van der Waals surface area contributed by atoms with Crippen molar-refractivity contribution in [2.24, 2.45) is 0 Å². The molecule has 1 aromatic heterocycles. The number of nitrogens with zero attached hydrogens (tertiary/aromatic N) is 1. The van der Waals surface area contributed by atoms with E-state index >= 15 is 0 Å². The van der Waals surface area contributed by atoms with E-state index in [0.29, 0.717) is 40.6 Å². The number of carbonyl (C=O) groups excluding carboxylic acids is 1. The van der Waals surface area contributed by atoms with Crippen LogP contribution >= 0.6 is 0 Å². The average molecular weight is 371 g/mol. The van der Waals surface area contributed by atoms with Gasteiger partial charge in [-0.25, -0.2) is 13.8 Å². The largest absolute Gasteiger partial charge is 0.389 e. The smallest absolute Gasteiger partial charge is 0.261 e. The van der Waals surface area contributed by atoms with E-state index in [-0.39, 0.29) is 0 Å². The number of halogens is 2. The number of hydrogen-bond acceptors (Lipinski definition) is 3. The Morgan fingerprint density at radius 3 is 2.81 bits per heavy atom. The van der Waals surface area contributed by atoms with Gasteiger partial charge in [0.05, 0.1) is 16.8 Å². The molecule has 0 spiro atoms. The van der Waals surface area contributed by atoms with Gasteiger partial charge in [0.15, 0.2) is 0 Å². The number of carbonyl (C=O) groups is 1. The predicted octanol–water partition coefficient (Wildman–Crippen LogP) is 1.75. The van der Waals surface area contributed by atoms with E-state index in [4.69, 9.17) is 0 Å². The highest BCUT2D eigenvalue weighted by Gasteiger charge is 2.20. The lowest BCUT2D eigenvalue weighted by Crippen LogP contribution is -2.30. The number of aromatic amines is 1. The summed E-state index contributed by atoms with van der Waals surface area (Å²) in [6.45, 7) is 5.80. The minimum Gasteiger partial charge on any atom is -0.389 e. The quantitative estimate of drug-likeness (QED) is 0.701. The molecule has 1 amide bonds. The molecule has 27 heavy (non-hydrogen) atoms. The van der Waals surface area contributed by atoms with Crippen LogP contribution in [0.4, 0.5) is 8.78 Å². The molecule has 1 heterocycles. The second kappa shape index (κ2) is 7.67. The number of imidazole rings is 1. The maximum Gasteiger partial charge on any atom is 0.261 e. The molecule has 0 saturated heterocycles. The Bertz CT molecular complexity index is 1030. The highest BCUT2D eigenvalue weighted by Crippen LogP contribution is 2.18. The molecular weight excluding hydrogens is 352 g/mol. The molecule has 0 fully saturated rings. The number of allylic oxidation sites excluding steroid dienone is 2. The van der Waals surface area contributed by atoms with Crippen molar-refractivity contribution in [3.8, 4) is 0 Å². The summed E-state index contributed by atoms with van der Waals surface area (Å²) < 4.78 is 27.7. The second-order valence-corrected chi connectivity index (χ2v) is 6.11. The first-order valence-corrected chi connectivity index (χ1v) is 8.52. The molecule has 1 aliphatic carbocycles. The molecule has 1 aromatic carbocycles. The van der Waals surface area contributed by atoms with Gasteiger partial charge in [-0.3, -0.25) is 4.79 Å². The Balaban J connectivity index is 1.91. The number of amides is 1. The second-order valence-electron chi connectivity index (χ2n) is 6.11. The van der Waals surface area contributed by atoms with Crippen LogP contribution in [0.5, 0.6) is 0 Å². The van der Waals surface area contributed by atoms with Crippen molar-refractivity contribution >= 4 is 23.6 Å². The zero-order chi connectivity index (χ0) is 19.6. The van der Waals surface area contributed by atoms with E-state index in [9.17, 15) is 18.7 Å². The predicted molar refractivity (Wildman–Crippen MR) is 98.6 cm³/mol. The number of nitrogens with one attached hydrogen (secondary N) is 2. The van der Waals surface area contributed by atoms with Gasteiger partial charge >= 0.3 is 0 Å². The van der Waals surface area contributed by atoms with Crippen molar-refractivity contribution < 1.29 is 18.7 Å². The van der Waals surface area contributed by atoms with Crippen molar-refractivity contribution in [1.29, 1.82) is 0 Å². The number of fused-ring (bicyclic) bond motifs is 1. The monoisotopic (exact) mass is 371 g/mol. The number of aliphatic hydroxyl groups is 1. The number of aromatic nitrogens is 2. The van der Waals surface area contributed by atoms with Crippen LogP contribution in [-0.4, -0.2) is 27.1 Å². The summed E-state index contributed by atoms with van der Waals surface area (Å²) in [6.07, 6.45) is 5.56. The Morgan fingerprint density at radius 1 is 1.44 bits per heavy atom. The molecule has 5 nitrogen and oxygen atoms in total. The Morgan fingerprint density at radius 2 is 2.15 bits per heavy atom. The number of H-pyrrole nitrogens is 1. The number of benzene rings is 1. The molecule has 0 aliphatic heterocycles. The summed E-state index contributed by atoms with van der Waals surface area (Å²) >= 11 is 0. The Hall–Kier alpha value is -3.06. The van der Waals surface area contributed by atoms with Crippen LogP contribution in [0.1, 0.15) is 35.9 Å². The van der Waals surface area contributed by atoms with Crippen LogP contribution in [0.15, 0.2) is 36.6 Å². The van der Waals surface area contributed by atoms with Crippen molar-refractivity contribution in [1.82, 2.24) is 15.3 Å². The molecule has 0 radical (unpaired) electrons. The van der Waals surface area contributed by atoms with Gasteiger partial charge in [-0.15, -0.1) is 0 Å². The lowest BCUT2D eigenvalue weighted by molar-refractivity contribution is 0.0959. The first-order chi connectivity index (χ1) is 12.9. The summed E-state index contributed by atoms with van der Waals surface area (Å²) in [7, 11) is 0. The van der Waals surface area contributed by atoms with E-state index in [0.717, 1.165) is 12.1 Å². The number of aliphatic hydroxyl groups excluding tert-OH is 1. The summed E-state index contributed by atoms with van der Waals surface area (Å²) in [5, 5.41) is 13.6. The SMILES string of the molecule is C=C(/C(=C\CC)NC(=O)c1c(F)cccc1F)c1nc2c([nH]1)=CC(O)CC=2. The van der Waals surface area contributed by atoms with Gasteiger partial charge in [0.2, 0.25) is 0 Å². The highest BCUT2D eigenvalue weighted by molar-refractivity contribution is 5.98. The third kappa shape index (κ3) is 3.88. The van der Waals surface area contributed by atoms with Gasteiger partial charge in [-0.05, 0) is 31.1 Å². The summed E-state index contributed by atoms with van der Waals surface area (Å²) in [4.78, 5) is 19.8. The summed E-state index contributed by atoms with van der Waals surface area (Å²) in [6, 6.07) is 3.24. The Kier molecular flexibility index (Phi) is 5.32. The first-order valence-electron chi connectivity index (χ1n) is 8.52. The minimum absolute atomic E-state index is 0.303. The van der Waals surface area contributed by atoms with E-state index < -0.39 is 29.2 Å². The molecule has 7 heteroatoms. The van der Waals surface area contributed by atoms with Gasteiger partial charge < -0.3 is 15.4 Å². The van der Waals surface area contributed by atoms with E-state index in [1.54, 1.807) is 18.2 Å². The minimum atomic E-state index is -0.944. The highest BCUT2D eigenvalue weighted by atomic mass is 19.1. The standard InChI is InChI=1S/C20H19F2N3O2/c1-3-5-15(25-20(27)18-13(21)6-4-7-14(18)22)11(2)19-23-16-9-8-12(26)10-17(16)24-19/h4-7,9-10,12,26H,2-3,8H2,1H3,(H,23,24)(H,25,27)/b15-5+. The van der Waals surface area contributed by atoms with Crippen LogP contribution in [0.25, 0.3) is 17.7 Å². The van der Waals surface area contributed by atoms with Crippen LogP contribution in [0.2, 0.25) is 0 Å². The maximum atomic E-state index is 13.9. The van der Waals surface area contributed by atoms with Crippen molar-refractivity contribution in [2.75, 3.05) is 0 Å². The third-order valence-corrected chi connectivity index (χ3v) is 4.13. The first kappa shape index (κ1) is 18.7. The zero-order valence-corrected chi connectivity index (χ0v) is 14.7. The van der Waals surface area contributed by atoms with Gasteiger partial charge in [0.25, 0.3) is 5.91 Å². The fraction of sp³-hybridized carbons (Fsp3) is 0.200. The molecule has 3 N–H and O–H groups in total. The average Bonchev–Trinajstić information content (AvgIpc) is 3.03. The van der Waals surface area contributed by atoms with Crippen LogP contribution < -0.4 is 16.0 Å². The van der Waals surface area contributed by atoms with E-state index in [1.165, 1.54) is 6.07 Å². The molecule has 0 bridgehead atoms. The lowest BCUT2D eigenvalue weighted by atomic mass is 10.1. The Labute approximate surface area is 154 Å². The van der Waals surface area contributed by atoms with Crippen LogP contribution in [0.3, 0.4) is 0 Å². The molecule has 140 valence electrons. The fourth-order valence-electron chi connectivity index (χ4n) is 2.80.